The van der Waals surface area contributed by atoms with Crippen LogP contribution in [0.2, 0.25) is 0 Å². The largest absolute Gasteiger partial charge is 0.400 e. The van der Waals surface area contributed by atoms with E-state index in [1.165, 1.54) is 24.3 Å². The molecule has 1 atom stereocenters. The summed E-state index contributed by atoms with van der Waals surface area (Å²) in [5.41, 5.74) is 0.505. The highest BCUT2D eigenvalue weighted by atomic mass is 19.1. The van der Waals surface area contributed by atoms with E-state index in [2.05, 4.69) is 6.58 Å². The van der Waals surface area contributed by atoms with Crippen molar-refractivity contribution in [2.24, 2.45) is 0 Å². The molecule has 4 nitrogen and oxygen atoms in total. The summed E-state index contributed by atoms with van der Waals surface area (Å²) in [7, 11) is 5.75. The lowest BCUT2D eigenvalue weighted by Gasteiger charge is -2.25. The summed E-state index contributed by atoms with van der Waals surface area (Å²) >= 11 is 0. The summed E-state index contributed by atoms with van der Waals surface area (Å²) in [4.78, 5) is 0. The van der Waals surface area contributed by atoms with Gasteiger partial charge in [0, 0.05) is 41.3 Å². The number of allylic oxidation sites excluding steroid dienone is 2. The fourth-order valence-electron chi connectivity index (χ4n) is 2.08. The lowest BCUT2D eigenvalue weighted by molar-refractivity contribution is -0.100. The molecule has 0 bridgehead atoms. The predicted molar refractivity (Wildman–Crippen MR) is 98.9 cm³/mol. The molecule has 0 aliphatic heterocycles. The van der Waals surface area contributed by atoms with Crippen LogP contribution in [0, 0.1) is 5.82 Å². The third-order valence-electron chi connectivity index (χ3n) is 3.71. The monoisotopic (exact) mass is 370 g/mol. The normalized spacial score (nSPS) is 18.2. The Morgan fingerprint density at radius 1 is 1.15 bits per heavy atom. The van der Waals surface area contributed by atoms with Crippen molar-refractivity contribution in [2.45, 2.75) is 24.7 Å². The van der Waals surface area contributed by atoms with Crippen LogP contribution in [-0.2, 0) is 20.6 Å². The van der Waals surface area contributed by atoms with Crippen molar-refractivity contribution in [1.29, 1.82) is 0 Å². The van der Waals surface area contributed by atoms with Gasteiger partial charge in [-0.25, -0.2) is 8.78 Å². The molecule has 0 aromatic heterocycles. The minimum absolute atomic E-state index is 0.209. The fraction of sp³-hybridized carbons (Fsp3) is 0.400. The summed E-state index contributed by atoms with van der Waals surface area (Å²) in [6.07, 6.45) is 7.13. The van der Waals surface area contributed by atoms with E-state index in [-0.39, 0.29) is 17.9 Å². The molecular weight excluding hydrogens is 342 g/mol. The number of aliphatic hydroxyl groups is 1. The van der Waals surface area contributed by atoms with Gasteiger partial charge in [-0.15, -0.1) is 0 Å². The van der Waals surface area contributed by atoms with Crippen molar-refractivity contribution in [3.8, 4) is 0 Å². The number of hydrogen-bond acceptors (Lipinski definition) is 4. The summed E-state index contributed by atoms with van der Waals surface area (Å²) in [6, 6.07) is 6.30. The number of ether oxygens (including phenoxy) is 3. The van der Waals surface area contributed by atoms with Crippen LogP contribution in [0.3, 0.4) is 0 Å². The molecule has 6 heteroatoms. The average molecular weight is 370 g/mol. The van der Waals surface area contributed by atoms with E-state index in [0.29, 0.717) is 12.8 Å². The Labute approximate surface area is 154 Å². The molecule has 1 aromatic rings. The highest BCUT2D eigenvalue weighted by Gasteiger charge is 2.23. The number of methoxy groups -OCH3 is 3. The Bertz CT molecular complexity index is 566. The molecule has 1 aliphatic rings. The highest BCUT2D eigenvalue weighted by molar-refractivity contribution is 5.27. The van der Waals surface area contributed by atoms with Crippen molar-refractivity contribution >= 4 is 0 Å². The van der Waals surface area contributed by atoms with Crippen LogP contribution in [0.15, 0.2) is 61.0 Å². The van der Waals surface area contributed by atoms with E-state index in [1.54, 1.807) is 45.6 Å². The van der Waals surface area contributed by atoms with Gasteiger partial charge in [0.1, 0.15) is 17.2 Å². The number of halogens is 2. The predicted octanol–water partition coefficient (Wildman–Crippen LogP) is 3.97. The maximum Gasteiger partial charge on any atom is 0.160 e. The number of hydrogen-bond donors (Lipinski definition) is 1. The van der Waals surface area contributed by atoms with Crippen LogP contribution < -0.4 is 0 Å². The van der Waals surface area contributed by atoms with Crippen molar-refractivity contribution in [3.63, 3.8) is 0 Å². The van der Waals surface area contributed by atoms with Crippen molar-refractivity contribution < 1.29 is 28.1 Å². The molecule has 0 heterocycles. The minimum Gasteiger partial charge on any atom is -0.400 e. The third-order valence-corrected chi connectivity index (χ3v) is 3.71. The zero-order valence-corrected chi connectivity index (χ0v) is 15.7. The average Bonchev–Trinajstić information content (AvgIpc) is 2.70. The summed E-state index contributed by atoms with van der Waals surface area (Å²) < 4.78 is 40.2. The molecule has 1 aromatic carbocycles. The van der Waals surface area contributed by atoms with Gasteiger partial charge < -0.3 is 19.3 Å². The molecule has 1 unspecified atom stereocenters. The maximum atomic E-state index is 12.5. The highest BCUT2D eigenvalue weighted by Crippen LogP contribution is 2.25. The molecule has 0 amide bonds. The van der Waals surface area contributed by atoms with Gasteiger partial charge in [0.2, 0.25) is 0 Å². The summed E-state index contributed by atoms with van der Waals surface area (Å²) in [5, 5.41) is 7.00. The molecule has 0 spiro atoms. The van der Waals surface area contributed by atoms with Crippen LogP contribution in [0.5, 0.6) is 0 Å². The quantitative estimate of drug-likeness (QED) is 0.608. The standard InChI is InChI=1S/C10H13FO2.C9H11FO.CH4O/c1-12-10(13-2)7-8-3-5-9(11)6-4-8;1-3-9(11-2)6-4-8(10)5-7-9;1-2/h3-6,10H,7H2,1-2H3;3-6H,1,7H2,2H3;2H,1H3. The first-order chi connectivity index (χ1) is 12.5. The van der Waals surface area contributed by atoms with E-state index in [0.717, 1.165) is 12.7 Å². The number of aliphatic hydroxyl groups excluding tert-OH is 1. The molecular formula is C20H28F2O4. The van der Waals surface area contributed by atoms with Crippen molar-refractivity contribution in [2.75, 3.05) is 28.4 Å². The van der Waals surface area contributed by atoms with E-state index in [4.69, 9.17) is 19.3 Å². The molecule has 0 fully saturated rings. The first-order valence-corrected chi connectivity index (χ1v) is 7.97. The van der Waals surface area contributed by atoms with Crippen molar-refractivity contribution in [3.05, 3.63) is 72.4 Å². The Kier molecular flexibility index (Phi) is 12.4. The van der Waals surface area contributed by atoms with E-state index < -0.39 is 5.60 Å². The third kappa shape index (κ3) is 8.49. The second-order valence-corrected chi connectivity index (χ2v) is 5.22. The van der Waals surface area contributed by atoms with E-state index >= 15 is 0 Å². The smallest absolute Gasteiger partial charge is 0.160 e. The minimum atomic E-state index is -0.490. The van der Waals surface area contributed by atoms with Gasteiger partial charge in [-0.1, -0.05) is 24.8 Å². The van der Waals surface area contributed by atoms with Gasteiger partial charge >= 0.3 is 0 Å². The van der Waals surface area contributed by atoms with Gasteiger partial charge in [-0.2, -0.15) is 0 Å². The van der Waals surface area contributed by atoms with Crippen LogP contribution in [0.1, 0.15) is 12.0 Å². The lowest BCUT2D eigenvalue weighted by atomic mass is 9.95. The molecule has 2 rings (SSSR count). The van der Waals surface area contributed by atoms with Gasteiger partial charge in [0.15, 0.2) is 6.29 Å². The fourth-order valence-corrected chi connectivity index (χ4v) is 2.08. The van der Waals surface area contributed by atoms with Crippen LogP contribution in [0.25, 0.3) is 0 Å². The zero-order chi connectivity index (χ0) is 20.0. The molecule has 0 saturated heterocycles. The van der Waals surface area contributed by atoms with Gasteiger partial charge in [0.25, 0.3) is 0 Å². The first-order valence-electron chi connectivity index (χ1n) is 7.97. The van der Waals surface area contributed by atoms with Crippen LogP contribution in [0.4, 0.5) is 8.78 Å². The topological polar surface area (TPSA) is 47.9 Å². The lowest BCUT2D eigenvalue weighted by Crippen LogP contribution is -2.26. The van der Waals surface area contributed by atoms with E-state index in [9.17, 15) is 8.78 Å². The van der Waals surface area contributed by atoms with E-state index in [1.807, 2.05) is 0 Å². The number of rotatable bonds is 6. The Balaban J connectivity index is 0.000000444. The van der Waals surface area contributed by atoms with Crippen LogP contribution >= 0.6 is 0 Å². The Hall–Kier alpha value is -1.86. The molecule has 1 N–H and O–H groups in total. The Morgan fingerprint density at radius 3 is 2.12 bits per heavy atom. The second kappa shape index (κ2) is 13.4. The molecule has 26 heavy (non-hydrogen) atoms. The second-order valence-electron chi connectivity index (χ2n) is 5.22. The van der Waals surface area contributed by atoms with Gasteiger partial charge in [-0.05, 0) is 35.9 Å². The zero-order valence-electron chi connectivity index (χ0n) is 15.7. The maximum absolute atomic E-state index is 12.5. The molecule has 1 aliphatic carbocycles. The summed E-state index contributed by atoms with van der Waals surface area (Å²) in [5.74, 6) is -0.436. The number of benzene rings is 1. The van der Waals surface area contributed by atoms with Crippen LogP contribution in [-0.4, -0.2) is 45.4 Å². The SMILES string of the molecule is C=CC1(OC)C=CC(F)=CC1.CO.COC(Cc1ccc(F)cc1)OC. The molecule has 0 radical (unpaired) electrons. The molecule has 0 saturated carbocycles. The Morgan fingerprint density at radius 2 is 1.73 bits per heavy atom. The van der Waals surface area contributed by atoms with Gasteiger partial charge in [-0.3, -0.25) is 0 Å². The molecule has 146 valence electrons. The first kappa shape index (κ1) is 24.1. The van der Waals surface area contributed by atoms with Crippen molar-refractivity contribution in [1.82, 2.24) is 0 Å². The summed E-state index contributed by atoms with van der Waals surface area (Å²) in [6.45, 7) is 3.62. The van der Waals surface area contributed by atoms with Gasteiger partial charge in [0.05, 0.1) is 0 Å².